The summed E-state index contributed by atoms with van der Waals surface area (Å²) in [5.41, 5.74) is 3.23. The fraction of sp³-hybridized carbons (Fsp3) is 0.650. The molecule has 0 spiro atoms. The molecule has 1 N–H and O–H groups in total. The number of nitrogens with one attached hydrogen (secondary N) is 1. The summed E-state index contributed by atoms with van der Waals surface area (Å²) in [6, 6.07) is 1.86. The van der Waals surface area contributed by atoms with Crippen molar-refractivity contribution in [2.45, 2.75) is 59.9 Å². The number of carbonyl (C=O) groups excluding carboxylic acids is 1. The largest absolute Gasteiger partial charge is 0.356 e. The molecule has 5 heteroatoms. The van der Waals surface area contributed by atoms with Crippen LogP contribution in [0.4, 0.5) is 0 Å². The van der Waals surface area contributed by atoms with E-state index in [1.807, 2.05) is 13.0 Å². The second-order valence-corrected chi connectivity index (χ2v) is 8.14. The van der Waals surface area contributed by atoms with Gasteiger partial charge in [-0.25, -0.2) is 4.79 Å². The molecule has 4 rings (SSSR count). The molecule has 1 saturated carbocycles. The zero-order valence-corrected chi connectivity index (χ0v) is 15.8. The van der Waals surface area contributed by atoms with Crippen LogP contribution in [0, 0.1) is 31.1 Å². The molecule has 3 aliphatic rings. The van der Waals surface area contributed by atoms with Gasteiger partial charge in [-0.1, -0.05) is 25.5 Å². The normalized spacial score (nSPS) is 23.6. The van der Waals surface area contributed by atoms with Crippen LogP contribution in [0.3, 0.4) is 0 Å². The highest BCUT2D eigenvalue weighted by Gasteiger charge is 2.50. The van der Waals surface area contributed by atoms with E-state index in [4.69, 9.17) is 0 Å². The lowest BCUT2D eigenvalue weighted by Gasteiger charge is -2.56. The number of hydrogen-bond acceptors (Lipinski definition) is 3. The van der Waals surface area contributed by atoms with E-state index in [9.17, 15) is 9.59 Å². The predicted octanol–water partition coefficient (Wildman–Crippen LogP) is 2.75. The van der Waals surface area contributed by atoms with Gasteiger partial charge in [0.25, 0.3) is 0 Å². The van der Waals surface area contributed by atoms with Gasteiger partial charge in [0.05, 0.1) is 0 Å². The topological polar surface area (TPSA) is 64.0 Å². The van der Waals surface area contributed by atoms with Gasteiger partial charge in [0.15, 0.2) is 0 Å². The Morgan fingerprint density at radius 3 is 2.80 bits per heavy atom. The summed E-state index contributed by atoms with van der Waals surface area (Å²) in [7, 11) is 0. The first-order chi connectivity index (χ1) is 11.8. The number of aromatic nitrogens is 2. The average molecular weight is 343 g/mol. The van der Waals surface area contributed by atoms with E-state index in [2.05, 4.69) is 30.2 Å². The molecular formula is C20H29N3O2. The lowest BCUT2D eigenvalue weighted by atomic mass is 9.48. The van der Waals surface area contributed by atoms with Crippen molar-refractivity contribution < 1.29 is 4.79 Å². The Hall–Kier alpha value is -1.91. The molecule has 0 radical (unpaired) electrons. The van der Waals surface area contributed by atoms with Crippen molar-refractivity contribution in [3.8, 4) is 0 Å². The molecule has 0 aromatic carbocycles. The summed E-state index contributed by atoms with van der Waals surface area (Å²) in [5.74, 6) is 1.54. The first-order valence-corrected chi connectivity index (χ1v) is 9.29. The number of hydrogen-bond donors (Lipinski definition) is 1. The molecular weight excluding hydrogens is 314 g/mol. The maximum Gasteiger partial charge on any atom is 0.347 e. The van der Waals surface area contributed by atoms with Crippen LogP contribution in [0.5, 0.6) is 0 Å². The minimum atomic E-state index is -0.278. The molecule has 0 unspecified atom stereocenters. The van der Waals surface area contributed by atoms with Crippen molar-refractivity contribution in [1.29, 1.82) is 0 Å². The predicted molar refractivity (Wildman–Crippen MR) is 98.3 cm³/mol. The third kappa shape index (κ3) is 3.55. The SMILES string of the molecule is Cc1cc(C)n(CCC(=O)NCCC2=CC[C@H]3C[C@@H]2C3(C)C)c(=O)n1. The van der Waals surface area contributed by atoms with Crippen molar-refractivity contribution in [3.05, 3.63) is 39.6 Å². The van der Waals surface area contributed by atoms with E-state index in [1.165, 1.54) is 18.4 Å². The number of fused-ring (bicyclic) bond motifs is 1. The summed E-state index contributed by atoms with van der Waals surface area (Å²) in [6.45, 7) is 9.47. The van der Waals surface area contributed by atoms with Gasteiger partial charge in [0.2, 0.25) is 5.91 Å². The number of allylic oxidation sites excluding steroid dienone is 1. The maximum atomic E-state index is 12.1. The minimum absolute atomic E-state index is 0.00553. The van der Waals surface area contributed by atoms with Gasteiger partial charge in [-0.15, -0.1) is 0 Å². The number of rotatable bonds is 6. The summed E-state index contributed by atoms with van der Waals surface area (Å²) < 4.78 is 1.56. The smallest absolute Gasteiger partial charge is 0.347 e. The summed E-state index contributed by atoms with van der Waals surface area (Å²) in [5, 5.41) is 3.00. The molecule has 1 amide bonds. The van der Waals surface area contributed by atoms with Gasteiger partial charge >= 0.3 is 5.69 Å². The van der Waals surface area contributed by atoms with Crippen LogP contribution in [0.25, 0.3) is 0 Å². The van der Waals surface area contributed by atoms with E-state index >= 15 is 0 Å². The molecule has 1 aromatic heterocycles. The average Bonchev–Trinajstić information content (AvgIpc) is 2.53. The van der Waals surface area contributed by atoms with Crippen molar-refractivity contribution in [2.24, 2.45) is 17.3 Å². The highest BCUT2D eigenvalue weighted by atomic mass is 16.2. The molecule has 25 heavy (non-hydrogen) atoms. The monoisotopic (exact) mass is 343 g/mol. The summed E-state index contributed by atoms with van der Waals surface area (Å²) >= 11 is 0. The van der Waals surface area contributed by atoms with Gasteiger partial charge in [-0.2, -0.15) is 4.98 Å². The van der Waals surface area contributed by atoms with Crippen LogP contribution < -0.4 is 11.0 Å². The molecule has 1 aromatic rings. The molecule has 2 bridgehead atoms. The van der Waals surface area contributed by atoms with Crippen LogP contribution in [0.15, 0.2) is 22.5 Å². The maximum absolute atomic E-state index is 12.1. The molecule has 136 valence electrons. The fourth-order valence-electron chi connectivity index (χ4n) is 4.45. The van der Waals surface area contributed by atoms with Crippen LogP contribution >= 0.6 is 0 Å². The van der Waals surface area contributed by atoms with E-state index in [0.29, 0.717) is 36.5 Å². The van der Waals surface area contributed by atoms with E-state index in [-0.39, 0.29) is 11.6 Å². The van der Waals surface area contributed by atoms with Gasteiger partial charge < -0.3 is 5.32 Å². The lowest BCUT2D eigenvalue weighted by Crippen LogP contribution is -2.48. The Kier molecular flexibility index (Phi) is 4.85. The highest BCUT2D eigenvalue weighted by molar-refractivity contribution is 5.75. The molecule has 1 heterocycles. The van der Waals surface area contributed by atoms with E-state index in [1.54, 1.807) is 11.5 Å². The lowest BCUT2D eigenvalue weighted by molar-refractivity contribution is -0.121. The van der Waals surface area contributed by atoms with Crippen molar-refractivity contribution in [1.82, 2.24) is 14.9 Å². The fourth-order valence-corrected chi connectivity index (χ4v) is 4.45. The molecule has 0 aliphatic heterocycles. The molecule has 5 nitrogen and oxygen atoms in total. The summed E-state index contributed by atoms with van der Waals surface area (Å²) in [6.07, 6.45) is 6.14. The summed E-state index contributed by atoms with van der Waals surface area (Å²) in [4.78, 5) is 27.9. The quantitative estimate of drug-likeness (QED) is 0.808. The number of nitrogens with zero attached hydrogens (tertiary/aromatic N) is 2. The van der Waals surface area contributed by atoms with Crippen molar-refractivity contribution in [3.63, 3.8) is 0 Å². The minimum Gasteiger partial charge on any atom is -0.356 e. The third-order valence-electron chi connectivity index (χ3n) is 6.23. The molecule has 3 aliphatic carbocycles. The van der Waals surface area contributed by atoms with Gasteiger partial charge in [0.1, 0.15) is 0 Å². The Labute approximate surface area is 149 Å². The number of carbonyl (C=O) groups is 1. The van der Waals surface area contributed by atoms with Crippen LogP contribution in [-0.2, 0) is 11.3 Å². The second-order valence-electron chi connectivity index (χ2n) is 8.14. The van der Waals surface area contributed by atoms with Gasteiger partial charge in [-0.3, -0.25) is 9.36 Å². The second kappa shape index (κ2) is 6.77. The van der Waals surface area contributed by atoms with Gasteiger partial charge in [0, 0.05) is 30.9 Å². The molecule has 0 saturated heterocycles. The zero-order valence-electron chi connectivity index (χ0n) is 15.8. The highest BCUT2D eigenvalue weighted by Crippen LogP contribution is 2.59. The van der Waals surface area contributed by atoms with E-state index in [0.717, 1.165) is 18.0 Å². The Morgan fingerprint density at radius 2 is 2.16 bits per heavy atom. The number of amides is 1. The van der Waals surface area contributed by atoms with Crippen molar-refractivity contribution in [2.75, 3.05) is 6.54 Å². The van der Waals surface area contributed by atoms with Crippen LogP contribution in [0.2, 0.25) is 0 Å². The third-order valence-corrected chi connectivity index (χ3v) is 6.23. The molecule has 1 fully saturated rings. The Bertz CT molecular complexity index is 761. The van der Waals surface area contributed by atoms with Crippen molar-refractivity contribution >= 4 is 5.91 Å². The zero-order chi connectivity index (χ0) is 18.2. The first-order valence-electron chi connectivity index (χ1n) is 9.29. The van der Waals surface area contributed by atoms with Crippen LogP contribution in [0.1, 0.15) is 50.9 Å². The Morgan fingerprint density at radius 1 is 1.40 bits per heavy atom. The van der Waals surface area contributed by atoms with Crippen LogP contribution in [-0.4, -0.2) is 22.0 Å². The molecule has 2 atom stereocenters. The van der Waals surface area contributed by atoms with E-state index < -0.39 is 0 Å². The number of aryl methyl sites for hydroxylation is 2. The van der Waals surface area contributed by atoms with Gasteiger partial charge in [-0.05, 0) is 56.4 Å². The standard InChI is InChI=1S/C20H29N3O2/c1-13-11-14(2)23(19(25)22-13)10-8-18(24)21-9-7-15-5-6-16-12-17(15)20(16,3)4/h5,11,16-17H,6-10,12H2,1-4H3,(H,21,24)/t16-,17-/m0/s1. The Balaban J connectivity index is 1.45. The first kappa shape index (κ1) is 17.9.